The average Bonchev–Trinajstić information content (AvgIpc) is 3.33. The van der Waals surface area contributed by atoms with E-state index in [9.17, 15) is 4.79 Å². The van der Waals surface area contributed by atoms with Crippen LogP contribution in [-0.4, -0.2) is 52.9 Å². The molecule has 2 saturated heterocycles. The molecule has 1 N–H and O–H groups in total. The molecule has 0 aromatic carbocycles. The van der Waals surface area contributed by atoms with E-state index in [2.05, 4.69) is 33.7 Å². The molecule has 2 fully saturated rings. The Hall–Kier alpha value is -1.70. The minimum Gasteiger partial charge on any atom is -0.376 e. The summed E-state index contributed by atoms with van der Waals surface area (Å²) < 4.78 is 7.61. The van der Waals surface area contributed by atoms with Gasteiger partial charge in [0.1, 0.15) is 5.69 Å². The Morgan fingerprint density at radius 1 is 1.44 bits per heavy atom. The fourth-order valence-corrected chi connectivity index (χ4v) is 4.85. The SMILES string of the molecule is Cc1ccsc1CN1C[C@H]2[C@H](CNC(=O)c3ccnn3C)CO[C@H]2C1. The van der Waals surface area contributed by atoms with E-state index in [4.69, 9.17) is 4.74 Å². The molecule has 0 saturated carbocycles. The topological polar surface area (TPSA) is 59.4 Å². The molecule has 0 aliphatic carbocycles. The van der Waals surface area contributed by atoms with Crippen molar-refractivity contribution in [2.24, 2.45) is 18.9 Å². The molecular formula is C18H24N4O2S. The second-order valence-corrected chi connectivity index (χ2v) is 8.07. The summed E-state index contributed by atoms with van der Waals surface area (Å²) in [6.45, 7) is 6.64. The van der Waals surface area contributed by atoms with E-state index in [-0.39, 0.29) is 5.91 Å². The van der Waals surface area contributed by atoms with Crippen LogP contribution < -0.4 is 5.32 Å². The number of hydrogen-bond donors (Lipinski definition) is 1. The zero-order valence-electron chi connectivity index (χ0n) is 14.6. The van der Waals surface area contributed by atoms with Crippen LogP contribution in [0.4, 0.5) is 0 Å². The fourth-order valence-electron chi connectivity index (χ4n) is 3.90. The Morgan fingerprint density at radius 2 is 2.32 bits per heavy atom. The quantitative estimate of drug-likeness (QED) is 0.881. The van der Waals surface area contributed by atoms with Gasteiger partial charge in [-0.3, -0.25) is 14.4 Å². The van der Waals surface area contributed by atoms with Crippen LogP contribution in [-0.2, 0) is 18.3 Å². The number of nitrogens with one attached hydrogen (secondary N) is 1. The van der Waals surface area contributed by atoms with Gasteiger partial charge in [0, 0.05) is 56.1 Å². The first-order valence-electron chi connectivity index (χ1n) is 8.75. The molecule has 2 aliphatic heterocycles. The van der Waals surface area contributed by atoms with Crippen LogP contribution in [0, 0.1) is 18.8 Å². The first-order valence-corrected chi connectivity index (χ1v) is 9.63. The summed E-state index contributed by atoms with van der Waals surface area (Å²) in [5.74, 6) is 0.830. The molecule has 1 amide bonds. The van der Waals surface area contributed by atoms with Crippen LogP contribution in [0.15, 0.2) is 23.7 Å². The first kappa shape index (κ1) is 16.8. The van der Waals surface area contributed by atoms with Crippen molar-refractivity contribution in [1.29, 1.82) is 0 Å². The molecule has 134 valence electrons. The zero-order valence-corrected chi connectivity index (χ0v) is 15.5. The molecule has 6 nitrogen and oxygen atoms in total. The lowest BCUT2D eigenvalue weighted by molar-refractivity contribution is 0.0899. The Labute approximate surface area is 151 Å². The molecule has 2 aromatic rings. The van der Waals surface area contributed by atoms with Gasteiger partial charge in [0.25, 0.3) is 5.91 Å². The number of amides is 1. The summed E-state index contributed by atoms with van der Waals surface area (Å²) in [5.41, 5.74) is 1.97. The number of aryl methyl sites for hydroxylation is 2. The highest BCUT2D eigenvalue weighted by Gasteiger charge is 2.43. The average molecular weight is 360 g/mol. The van der Waals surface area contributed by atoms with E-state index in [0.29, 0.717) is 30.2 Å². The van der Waals surface area contributed by atoms with Crippen molar-refractivity contribution < 1.29 is 9.53 Å². The summed E-state index contributed by atoms with van der Waals surface area (Å²) in [7, 11) is 1.78. The van der Waals surface area contributed by atoms with E-state index in [1.807, 2.05) is 11.3 Å². The third-order valence-electron chi connectivity index (χ3n) is 5.43. The van der Waals surface area contributed by atoms with Crippen LogP contribution in [0.5, 0.6) is 0 Å². The highest BCUT2D eigenvalue weighted by Crippen LogP contribution is 2.34. The number of aromatic nitrogens is 2. The molecule has 3 atom stereocenters. The fraction of sp³-hybridized carbons (Fsp3) is 0.556. The number of thiophene rings is 1. The third-order valence-corrected chi connectivity index (χ3v) is 6.44. The van der Waals surface area contributed by atoms with Crippen molar-refractivity contribution in [3.8, 4) is 0 Å². The lowest BCUT2D eigenvalue weighted by Crippen LogP contribution is -2.35. The van der Waals surface area contributed by atoms with Gasteiger partial charge in [0.2, 0.25) is 0 Å². The smallest absolute Gasteiger partial charge is 0.269 e. The largest absolute Gasteiger partial charge is 0.376 e. The Morgan fingerprint density at radius 3 is 3.04 bits per heavy atom. The zero-order chi connectivity index (χ0) is 17.4. The number of hydrogen-bond acceptors (Lipinski definition) is 5. The van der Waals surface area contributed by atoms with E-state index in [1.54, 1.807) is 24.0 Å². The standard InChI is InChI=1S/C18H24N4O2S/c1-12-4-6-25-17(12)10-22-8-14-13(11-24-16(14)9-22)7-19-18(23)15-3-5-20-21(15)2/h3-6,13-14,16H,7-11H2,1-2H3,(H,19,23)/t13-,14+,16+/m1/s1. The summed E-state index contributed by atoms with van der Waals surface area (Å²) in [6.07, 6.45) is 1.95. The van der Waals surface area contributed by atoms with Crippen LogP contribution in [0.3, 0.4) is 0 Å². The van der Waals surface area contributed by atoms with Crippen molar-refractivity contribution in [2.75, 3.05) is 26.2 Å². The van der Waals surface area contributed by atoms with Gasteiger partial charge < -0.3 is 10.1 Å². The van der Waals surface area contributed by atoms with E-state index >= 15 is 0 Å². The molecule has 0 radical (unpaired) electrons. The van der Waals surface area contributed by atoms with Gasteiger partial charge in [-0.05, 0) is 30.0 Å². The molecule has 4 heterocycles. The maximum absolute atomic E-state index is 12.3. The number of rotatable bonds is 5. The van der Waals surface area contributed by atoms with Gasteiger partial charge >= 0.3 is 0 Å². The molecule has 2 aromatic heterocycles. The number of likely N-dealkylation sites (tertiary alicyclic amines) is 1. The second kappa shape index (κ2) is 6.90. The van der Waals surface area contributed by atoms with E-state index in [0.717, 1.165) is 26.2 Å². The number of carbonyl (C=O) groups is 1. The maximum atomic E-state index is 12.3. The highest BCUT2D eigenvalue weighted by molar-refractivity contribution is 7.10. The minimum absolute atomic E-state index is 0.0625. The van der Waals surface area contributed by atoms with E-state index in [1.165, 1.54) is 10.4 Å². The predicted molar refractivity (Wildman–Crippen MR) is 96.6 cm³/mol. The van der Waals surface area contributed by atoms with Crippen molar-refractivity contribution in [2.45, 2.75) is 19.6 Å². The van der Waals surface area contributed by atoms with Crippen LogP contribution in [0.25, 0.3) is 0 Å². The second-order valence-electron chi connectivity index (χ2n) is 7.07. The summed E-state index contributed by atoms with van der Waals surface area (Å²) in [6, 6.07) is 3.92. The van der Waals surface area contributed by atoms with E-state index < -0.39 is 0 Å². The summed E-state index contributed by atoms with van der Waals surface area (Å²) >= 11 is 1.83. The van der Waals surface area contributed by atoms with Crippen molar-refractivity contribution in [1.82, 2.24) is 20.0 Å². The van der Waals surface area contributed by atoms with Gasteiger partial charge in [-0.1, -0.05) is 0 Å². The van der Waals surface area contributed by atoms with Gasteiger partial charge in [0.05, 0.1) is 12.7 Å². The Kier molecular flexibility index (Phi) is 4.62. The third kappa shape index (κ3) is 3.36. The van der Waals surface area contributed by atoms with Crippen LogP contribution in [0.1, 0.15) is 20.9 Å². The molecule has 0 bridgehead atoms. The number of nitrogens with zero attached hydrogens (tertiary/aromatic N) is 3. The maximum Gasteiger partial charge on any atom is 0.269 e. The Balaban J connectivity index is 1.32. The summed E-state index contributed by atoms with van der Waals surface area (Å²) in [5, 5.41) is 9.26. The molecule has 25 heavy (non-hydrogen) atoms. The number of carbonyl (C=O) groups excluding carboxylic acids is 1. The number of fused-ring (bicyclic) bond motifs is 1. The first-order chi connectivity index (χ1) is 12.1. The summed E-state index contributed by atoms with van der Waals surface area (Å²) in [4.78, 5) is 16.2. The molecule has 4 rings (SSSR count). The van der Waals surface area contributed by atoms with Gasteiger partial charge in [0.15, 0.2) is 0 Å². The number of ether oxygens (including phenoxy) is 1. The highest BCUT2D eigenvalue weighted by atomic mass is 32.1. The lowest BCUT2D eigenvalue weighted by atomic mass is 9.93. The normalized spacial score (nSPS) is 26.1. The minimum atomic E-state index is -0.0625. The monoisotopic (exact) mass is 360 g/mol. The lowest BCUT2D eigenvalue weighted by Gasteiger charge is -2.19. The molecule has 2 aliphatic rings. The van der Waals surface area contributed by atoms with Gasteiger partial charge in [-0.25, -0.2) is 0 Å². The van der Waals surface area contributed by atoms with Gasteiger partial charge in [-0.2, -0.15) is 5.10 Å². The van der Waals surface area contributed by atoms with Crippen LogP contribution >= 0.6 is 11.3 Å². The molecule has 0 spiro atoms. The van der Waals surface area contributed by atoms with Crippen molar-refractivity contribution >= 4 is 17.2 Å². The Bertz CT molecular complexity index is 756. The molecular weight excluding hydrogens is 336 g/mol. The molecule has 7 heteroatoms. The predicted octanol–water partition coefficient (Wildman–Crippen LogP) is 1.67. The van der Waals surface area contributed by atoms with Crippen LogP contribution in [0.2, 0.25) is 0 Å². The van der Waals surface area contributed by atoms with Crippen molar-refractivity contribution in [3.05, 3.63) is 39.8 Å². The molecule has 0 unspecified atom stereocenters. The van der Waals surface area contributed by atoms with Gasteiger partial charge in [-0.15, -0.1) is 11.3 Å². The van der Waals surface area contributed by atoms with Crippen molar-refractivity contribution in [3.63, 3.8) is 0 Å².